The first kappa shape index (κ1) is 20.0. The summed E-state index contributed by atoms with van der Waals surface area (Å²) in [5.74, 6) is 0.716. The number of aromatic amines is 1. The second kappa shape index (κ2) is 7.70. The summed E-state index contributed by atoms with van der Waals surface area (Å²) in [6.07, 6.45) is 0. The number of ether oxygens (including phenoxy) is 1. The van der Waals surface area contributed by atoms with Gasteiger partial charge in [-0.1, -0.05) is 6.92 Å². The molecule has 1 amide bonds. The van der Waals surface area contributed by atoms with Crippen molar-refractivity contribution in [3.05, 3.63) is 56.5 Å². The van der Waals surface area contributed by atoms with Crippen molar-refractivity contribution in [1.82, 2.24) is 10.3 Å². The molecule has 6 nitrogen and oxygen atoms in total. The molecule has 1 aromatic carbocycles. The zero-order valence-electron chi connectivity index (χ0n) is 17.5. The number of hydrogen-bond donors (Lipinski definition) is 2. The van der Waals surface area contributed by atoms with Crippen molar-refractivity contribution < 1.29 is 9.53 Å². The number of amides is 1. The maximum absolute atomic E-state index is 13.1. The zero-order chi connectivity index (χ0) is 20.6. The van der Waals surface area contributed by atoms with Gasteiger partial charge >= 0.3 is 0 Å². The topological polar surface area (TPSA) is 74.4 Å². The Balaban J connectivity index is 1.94. The van der Waals surface area contributed by atoms with Crippen LogP contribution in [0.3, 0.4) is 0 Å². The third-order valence-corrected chi connectivity index (χ3v) is 5.43. The van der Waals surface area contributed by atoms with Gasteiger partial charge in [-0.3, -0.25) is 9.59 Å². The largest absolute Gasteiger partial charge is 0.497 e. The SMILES string of the molecule is COc1cc(C(=O)NCc2c(C)cc(C)[nH]c2=O)c2c(c1)N(C(C)C)CC2C. The molecule has 2 aromatic rings. The second-order valence-corrected chi connectivity index (χ2v) is 7.88. The molecule has 3 rings (SSSR count). The van der Waals surface area contributed by atoms with Crippen molar-refractivity contribution in [2.24, 2.45) is 0 Å². The van der Waals surface area contributed by atoms with Crippen LogP contribution >= 0.6 is 0 Å². The predicted molar refractivity (Wildman–Crippen MR) is 112 cm³/mol. The van der Waals surface area contributed by atoms with Crippen LogP contribution in [0.4, 0.5) is 5.69 Å². The highest BCUT2D eigenvalue weighted by atomic mass is 16.5. The van der Waals surface area contributed by atoms with Gasteiger partial charge in [-0.05, 0) is 51.0 Å². The molecule has 2 heterocycles. The summed E-state index contributed by atoms with van der Waals surface area (Å²) in [5.41, 5.74) is 4.81. The molecule has 1 aliphatic heterocycles. The standard InChI is InChI=1S/C22H29N3O3/c1-12(2)25-11-14(4)20-17(8-16(28-6)9-19(20)25)21(26)23-10-18-13(3)7-15(5)24-22(18)27/h7-9,12,14H,10-11H2,1-6H3,(H,23,26)(H,24,27). The molecule has 0 saturated carbocycles. The number of methoxy groups -OCH3 is 1. The van der Waals surface area contributed by atoms with E-state index in [0.29, 0.717) is 22.9 Å². The van der Waals surface area contributed by atoms with E-state index in [1.54, 1.807) is 13.2 Å². The lowest BCUT2D eigenvalue weighted by Crippen LogP contribution is -2.29. The number of aryl methyl sites for hydroxylation is 2. The molecule has 0 aliphatic carbocycles. The first-order chi connectivity index (χ1) is 13.2. The monoisotopic (exact) mass is 383 g/mol. The lowest BCUT2D eigenvalue weighted by molar-refractivity contribution is 0.0949. The lowest BCUT2D eigenvalue weighted by Gasteiger charge is -2.24. The normalized spacial score (nSPS) is 15.7. The number of nitrogens with one attached hydrogen (secondary N) is 2. The molecule has 1 unspecified atom stereocenters. The van der Waals surface area contributed by atoms with Crippen molar-refractivity contribution in [2.75, 3.05) is 18.6 Å². The number of anilines is 1. The summed E-state index contributed by atoms with van der Waals surface area (Å²) in [5, 5.41) is 2.93. The molecule has 0 fully saturated rings. The average molecular weight is 383 g/mol. The molecule has 1 aromatic heterocycles. The summed E-state index contributed by atoms with van der Waals surface area (Å²) < 4.78 is 5.45. The predicted octanol–water partition coefficient (Wildman–Crippen LogP) is 3.26. The molecule has 1 aliphatic rings. The summed E-state index contributed by atoms with van der Waals surface area (Å²) in [6.45, 7) is 11.2. The van der Waals surface area contributed by atoms with Gasteiger partial charge in [0.15, 0.2) is 0 Å². The van der Waals surface area contributed by atoms with Crippen LogP contribution in [0.15, 0.2) is 23.0 Å². The smallest absolute Gasteiger partial charge is 0.253 e. The van der Waals surface area contributed by atoms with Gasteiger partial charge in [0.05, 0.1) is 7.11 Å². The summed E-state index contributed by atoms with van der Waals surface area (Å²) in [4.78, 5) is 30.4. The van der Waals surface area contributed by atoms with E-state index in [2.05, 4.69) is 36.0 Å². The van der Waals surface area contributed by atoms with Crippen LogP contribution in [0, 0.1) is 13.8 Å². The molecule has 1 atom stereocenters. The molecular weight excluding hydrogens is 354 g/mol. The number of nitrogens with zero attached hydrogens (tertiary/aromatic N) is 1. The molecule has 0 spiro atoms. The van der Waals surface area contributed by atoms with Crippen LogP contribution in [-0.4, -0.2) is 30.6 Å². The van der Waals surface area contributed by atoms with Crippen LogP contribution in [0.1, 0.15) is 59.4 Å². The first-order valence-electron chi connectivity index (χ1n) is 9.69. The fourth-order valence-electron chi connectivity index (χ4n) is 4.01. The number of carbonyl (C=O) groups excluding carboxylic acids is 1. The van der Waals surface area contributed by atoms with Gasteiger partial charge in [-0.25, -0.2) is 0 Å². The maximum atomic E-state index is 13.1. The fraction of sp³-hybridized carbons (Fsp3) is 0.455. The molecule has 0 bridgehead atoms. The minimum atomic E-state index is -0.188. The Hall–Kier alpha value is -2.76. The minimum absolute atomic E-state index is 0.159. The quantitative estimate of drug-likeness (QED) is 0.831. The number of H-pyrrole nitrogens is 1. The van der Waals surface area contributed by atoms with E-state index in [1.807, 2.05) is 26.0 Å². The average Bonchev–Trinajstić information content (AvgIpc) is 2.96. The molecule has 150 valence electrons. The van der Waals surface area contributed by atoms with E-state index in [-0.39, 0.29) is 23.9 Å². The van der Waals surface area contributed by atoms with Gasteiger partial charge in [0.25, 0.3) is 11.5 Å². The van der Waals surface area contributed by atoms with Gasteiger partial charge < -0.3 is 19.9 Å². The number of fused-ring (bicyclic) bond motifs is 1. The molecule has 28 heavy (non-hydrogen) atoms. The summed E-state index contributed by atoms with van der Waals surface area (Å²) >= 11 is 0. The van der Waals surface area contributed by atoms with Crippen LogP contribution in [0.2, 0.25) is 0 Å². The van der Waals surface area contributed by atoms with Crippen LogP contribution in [0.25, 0.3) is 0 Å². The van der Waals surface area contributed by atoms with E-state index in [0.717, 1.165) is 29.1 Å². The van der Waals surface area contributed by atoms with Crippen LogP contribution in [-0.2, 0) is 6.54 Å². The molecule has 0 radical (unpaired) electrons. The van der Waals surface area contributed by atoms with Crippen LogP contribution in [0.5, 0.6) is 5.75 Å². The van der Waals surface area contributed by atoms with E-state index < -0.39 is 0 Å². The summed E-state index contributed by atoms with van der Waals surface area (Å²) in [6, 6.07) is 6.04. The Bertz CT molecular complexity index is 962. The number of aromatic nitrogens is 1. The van der Waals surface area contributed by atoms with Gasteiger partial charge in [0.2, 0.25) is 0 Å². The minimum Gasteiger partial charge on any atom is -0.497 e. The molecule has 2 N–H and O–H groups in total. The van der Waals surface area contributed by atoms with E-state index in [9.17, 15) is 9.59 Å². The van der Waals surface area contributed by atoms with Crippen LogP contribution < -0.4 is 20.5 Å². The molecule has 6 heteroatoms. The number of benzene rings is 1. The highest BCUT2D eigenvalue weighted by Crippen LogP contribution is 2.42. The third kappa shape index (κ3) is 3.63. The van der Waals surface area contributed by atoms with E-state index in [4.69, 9.17) is 4.74 Å². The van der Waals surface area contributed by atoms with Gasteiger partial charge in [-0.15, -0.1) is 0 Å². The Labute approximate surface area is 165 Å². The highest BCUT2D eigenvalue weighted by Gasteiger charge is 2.32. The lowest BCUT2D eigenvalue weighted by atomic mass is 9.96. The molecular formula is C22H29N3O3. The van der Waals surface area contributed by atoms with Gasteiger partial charge in [-0.2, -0.15) is 0 Å². The zero-order valence-corrected chi connectivity index (χ0v) is 17.5. The van der Waals surface area contributed by atoms with Crippen molar-refractivity contribution in [2.45, 2.75) is 53.1 Å². The third-order valence-electron chi connectivity index (χ3n) is 5.43. The Morgan fingerprint density at radius 3 is 2.64 bits per heavy atom. The highest BCUT2D eigenvalue weighted by molar-refractivity contribution is 5.98. The number of rotatable bonds is 5. The number of carbonyl (C=O) groups is 1. The number of pyridine rings is 1. The Kier molecular flexibility index (Phi) is 5.49. The van der Waals surface area contributed by atoms with Gasteiger partial charge in [0, 0.05) is 53.6 Å². The van der Waals surface area contributed by atoms with E-state index in [1.165, 1.54) is 0 Å². The van der Waals surface area contributed by atoms with Crippen molar-refractivity contribution in [3.8, 4) is 5.75 Å². The summed E-state index contributed by atoms with van der Waals surface area (Å²) in [7, 11) is 1.61. The van der Waals surface area contributed by atoms with Crippen molar-refractivity contribution in [1.29, 1.82) is 0 Å². The molecule has 0 saturated heterocycles. The second-order valence-electron chi connectivity index (χ2n) is 7.88. The van der Waals surface area contributed by atoms with E-state index >= 15 is 0 Å². The Morgan fingerprint density at radius 2 is 2.04 bits per heavy atom. The fourth-order valence-corrected chi connectivity index (χ4v) is 4.01. The van der Waals surface area contributed by atoms with Gasteiger partial charge in [0.1, 0.15) is 5.75 Å². The van der Waals surface area contributed by atoms with Crippen molar-refractivity contribution in [3.63, 3.8) is 0 Å². The van der Waals surface area contributed by atoms with Crippen molar-refractivity contribution >= 4 is 11.6 Å². The number of hydrogen-bond acceptors (Lipinski definition) is 4. The maximum Gasteiger partial charge on any atom is 0.253 e. The first-order valence-corrected chi connectivity index (χ1v) is 9.69. The Morgan fingerprint density at radius 1 is 1.32 bits per heavy atom.